The average molecular weight is 303 g/mol. The molecule has 0 bridgehead atoms. The van der Waals surface area contributed by atoms with Gasteiger partial charge >= 0.3 is 5.97 Å². The van der Waals surface area contributed by atoms with Crippen LogP contribution >= 0.6 is 15.9 Å². The Morgan fingerprint density at radius 3 is 2.65 bits per heavy atom. The average Bonchev–Trinajstić information content (AvgIpc) is 2.26. The largest absolute Gasteiger partial charge is 0.479 e. The lowest BCUT2D eigenvalue weighted by atomic mass is 10.1. The second-order valence-electron chi connectivity index (χ2n) is 3.71. The first kappa shape index (κ1) is 14.0. The molecule has 0 saturated heterocycles. The van der Waals surface area contributed by atoms with Crippen molar-refractivity contribution in [3.63, 3.8) is 0 Å². The molecule has 1 rings (SSSR count). The van der Waals surface area contributed by atoms with Crippen molar-refractivity contribution in [3.05, 3.63) is 28.2 Å². The van der Waals surface area contributed by atoms with Gasteiger partial charge in [0.15, 0.2) is 6.10 Å². The molecule has 0 spiro atoms. The number of carboxylic acids is 1. The van der Waals surface area contributed by atoms with Crippen LogP contribution in [0.4, 0.5) is 0 Å². The molecule has 0 aliphatic rings. The molecular weight excluding hydrogens is 288 g/mol. The molecule has 94 valence electrons. The third kappa shape index (κ3) is 3.71. The topological polar surface area (TPSA) is 66.8 Å². The minimum Gasteiger partial charge on any atom is -0.479 e. The zero-order valence-corrected chi connectivity index (χ0v) is 11.3. The molecule has 0 fully saturated rings. The fraction of sp³-hybridized carbons (Fsp3) is 0.417. The Bertz CT molecular complexity index is 403. The summed E-state index contributed by atoms with van der Waals surface area (Å²) in [7, 11) is 0. The lowest BCUT2D eigenvalue weighted by Crippen LogP contribution is -2.26. The number of hydrogen-bond acceptors (Lipinski definition) is 3. The summed E-state index contributed by atoms with van der Waals surface area (Å²) in [6.45, 7) is 3.34. The van der Waals surface area contributed by atoms with Crippen molar-refractivity contribution < 1.29 is 19.7 Å². The molecule has 0 radical (unpaired) electrons. The predicted molar refractivity (Wildman–Crippen MR) is 67.1 cm³/mol. The van der Waals surface area contributed by atoms with E-state index >= 15 is 0 Å². The van der Waals surface area contributed by atoms with Crippen molar-refractivity contribution >= 4 is 21.9 Å². The maximum atomic E-state index is 10.9. The van der Waals surface area contributed by atoms with E-state index in [9.17, 15) is 9.90 Å². The van der Waals surface area contributed by atoms with E-state index in [1.54, 1.807) is 32.0 Å². The minimum absolute atomic E-state index is 0.366. The van der Waals surface area contributed by atoms with Gasteiger partial charge in [-0.2, -0.15) is 0 Å². The highest BCUT2D eigenvalue weighted by molar-refractivity contribution is 9.10. The van der Waals surface area contributed by atoms with Crippen molar-refractivity contribution in [3.8, 4) is 5.75 Å². The smallest absolute Gasteiger partial charge is 0.344 e. The van der Waals surface area contributed by atoms with Gasteiger partial charge in [0.2, 0.25) is 0 Å². The summed E-state index contributed by atoms with van der Waals surface area (Å²) in [6, 6.07) is 5.11. The van der Waals surface area contributed by atoms with Crippen LogP contribution in [0.5, 0.6) is 5.75 Å². The predicted octanol–water partition coefficient (Wildman–Crippen LogP) is 2.74. The Labute approximate surface area is 108 Å². The number of aliphatic carboxylic acids is 1. The second kappa shape index (κ2) is 6.02. The molecule has 0 aromatic heterocycles. The Balaban J connectivity index is 3.01. The number of rotatable bonds is 5. The van der Waals surface area contributed by atoms with E-state index in [0.717, 1.165) is 4.47 Å². The number of aliphatic hydroxyl groups excluding tert-OH is 1. The summed E-state index contributed by atoms with van der Waals surface area (Å²) in [6.07, 6.45) is -1.24. The Morgan fingerprint density at radius 2 is 2.18 bits per heavy atom. The first-order valence-electron chi connectivity index (χ1n) is 5.32. The van der Waals surface area contributed by atoms with E-state index in [-0.39, 0.29) is 0 Å². The van der Waals surface area contributed by atoms with Crippen molar-refractivity contribution in [2.24, 2.45) is 0 Å². The molecule has 5 heteroatoms. The number of hydrogen-bond donors (Lipinski definition) is 2. The van der Waals surface area contributed by atoms with Crippen molar-refractivity contribution in [1.82, 2.24) is 0 Å². The molecule has 2 N–H and O–H groups in total. The number of carbonyl (C=O) groups is 1. The zero-order valence-electron chi connectivity index (χ0n) is 9.68. The van der Waals surface area contributed by atoms with Crippen LogP contribution in [-0.2, 0) is 4.79 Å². The van der Waals surface area contributed by atoms with Gasteiger partial charge in [-0.3, -0.25) is 0 Å². The molecule has 0 heterocycles. The third-order valence-corrected chi connectivity index (χ3v) is 2.83. The van der Waals surface area contributed by atoms with Crippen LogP contribution in [0.25, 0.3) is 0 Å². The van der Waals surface area contributed by atoms with Gasteiger partial charge in [-0.05, 0) is 31.5 Å². The molecule has 0 aliphatic carbocycles. The molecule has 2 unspecified atom stereocenters. The van der Waals surface area contributed by atoms with Gasteiger partial charge in [0.1, 0.15) is 5.75 Å². The van der Waals surface area contributed by atoms with Crippen LogP contribution in [-0.4, -0.2) is 22.3 Å². The van der Waals surface area contributed by atoms with Crippen LogP contribution in [0.2, 0.25) is 0 Å². The van der Waals surface area contributed by atoms with Gasteiger partial charge in [0, 0.05) is 10.0 Å². The lowest BCUT2D eigenvalue weighted by Gasteiger charge is -2.17. The first-order valence-corrected chi connectivity index (χ1v) is 6.12. The quantitative estimate of drug-likeness (QED) is 0.877. The van der Waals surface area contributed by atoms with Crippen LogP contribution in [0.1, 0.15) is 31.9 Å². The van der Waals surface area contributed by atoms with Crippen molar-refractivity contribution in [2.75, 3.05) is 0 Å². The number of benzene rings is 1. The van der Waals surface area contributed by atoms with Crippen LogP contribution in [0, 0.1) is 0 Å². The fourth-order valence-corrected chi connectivity index (χ4v) is 1.79. The van der Waals surface area contributed by atoms with Crippen molar-refractivity contribution in [2.45, 2.75) is 32.5 Å². The summed E-state index contributed by atoms with van der Waals surface area (Å²) < 4.78 is 6.20. The summed E-state index contributed by atoms with van der Waals surface area (Å²) in [4.78, 5) is 10.9. The SMILES string of the molecule is CCC(Oc1ccc(Br)cc1C(C)O)C(=O)O. The van der Waals surface area contributed by atoms with E-state index in [1.165, 1.54) is 0 Å². The lowest BCUT2D eigenvalue weighted by molar-refractivity contribution is -0.145. The highest BCUT2D eigenvalue weighted by Gasteiger charge is 2.19. The maximum absolute atomic E-state index is 10.9. The molecule has 1 aromatic rings. The first-order chi connectivity index (χ1) is 7.95. The van der Waals surface area contributed by atoms with E-state index in [1.807, 2.05) is 0 Å². The standard InChI is InChI=1S/C12H15BrO4/c1-3-10(12(15)16)17-11-5-4-8(13)6-9(11)7(2)14/h4-7,10,14H,3H2,1-2H3,(H,15,16). The van der Waals surface area contributed by atoms with E-state index in [2.05, 4.69) is 15.9 Å². The number of halogens is 1. The van der Waals surface area contributed by atoms with E-state index in [4.69, 9.17) is 9.84 Å². The van der Waals surface area contributed by atoms with Gasteiger partial charge < -0.3 is 14.9 Å². The van der Waals surface area contributed by atoms with Crippen LogP contribution in [0.3, 0.4) is 0 Å². The van der Waals surface area contributed by atoms with Gasteiger partial charge in [-0.1, -0.05) is 22.9 Å². The van der Waals surface area contributed by atoms with Crippen LogP contribution < -0.4 is 4.74 Å². The summed E-state index contributed by atoms with van der Waals surface area (Å²) in [5, 5.41) is 18.5. The molecule has 0 aliphatic heterocycles. The Hall–Kier alpha value is -1.07. The Morgan fingerprint density at radius 1 is 1.53 bits per heavy atom. The molecular formula is C12H15BrO4. The van der Waals surface area contributed by atoms with Gasteiger partial charge in [-0.25, -0.2) is 4.79 Å². The normalized spacial score (nSPS) is 14.1. The number of carboxylic acid groups (broad SMARTS) is 1. The van der Waals surface area contributed by atoms with Gasteiger partial charge in [0.05, 0.1) is 6.10 Å². The minimum atomic E-state index is -1.01. The molecule has 17 heavy (non-hydrogen) atoms. The maximum Gasteiger partial charge on any atom is 0.344 e. The summed E-state index contributed by atoms with van der Waals surface area (Å²) >= 11 is 3.29. The highest BCUT2D eigenvalue weighted by Crippen LogP contribution is 2.29. The van der Waals surface area contributed by atoms with E-state index < -0.39 is 18.2 Å². The third-order valence-electron chi connectivity index (χ3n) is 2.34. The molecule has 0 saturated carbocycles. The van der Waals surface area contributed by atoms with Crippen LogP contribution in [0.15, 0.2) is 22.7 Å². The van der Waals surface area contributed by atoms with E-state index in [0.29, 0.717) is 17.7 Å². The summed E-state index contributed by atoms with van der Waals surface area (Å²) in [5.41, 5.74) is 0.569. The van der Waals surface area contributed by atoms with Gasteiger partial charge in [0.25, 0.3) is 0 Å². The van der Waals surface area contributed by atoms with Gasteiger partial charge in [-0.15, -0.1) is 0 Å². The molecule has 0 amide bonds. The second-order valence-corrected chi connectivity index (χ2v) is 4.63. The monoisotopic (exact) mass is 302 g/mol. The Kier molecular flexibility index (Phi) is 4.96. The zero-order chi connectivity index (χ0) is 13.0. The van der Waals surface area contributed by atoms with Crippen molar-refractivity contribution in [1.29, 1.82) is 0 Å². The summed E-state index contributed by atoms with van der Waals surface area (Å²) in [5.74, 6) is -0.607. The molecule has 1 aromatic carbocycles. The number of aliphatic hydroxyl groups is 1. The number of ether oxygens (including phenoxy) is 1. The highest BCUT2D eigenvalue weighted by atomic mass is 79.9. The fourth-order valence-electron chi connectivity index (χ4n) is 1.41. The molecule has 4 nitrogen and oxygen atoms in total. The molecule has 2 atom stereocenters.